The summed E-state index contributed by atoms with van der Waals surface area (Å²) < 4.78 is 21.1. The van der Waals surface area contributed by atoms with Crippen LogP contribution >= 0.6 is 0 Å². The molecule has 0 spiro atoms. The Bertz CT molecular complexity index is 548. The van der Waals surface area contributed by atoms with Crippen LogP contribution in [0.4, 0.5) is 0 Å². The predicted molar refractivity (Wildman–Crippen MR) is 89.0 cm³/mol. The number of rotatable bonds is 8. The second kappa shape index (κ2) is 9.72. The molecule has 0 bridgehead atoms. The molecule has 1 aliphatic rings. The minimum Gasteiger partial charge on any atom is -0.497 e. The van der Waals surface area contributed by atoms with E-state index in [1.807, 2.05) is 0 Å². The molecule has 25 heavy (non-hydrogen) atoms. The number of carbonyl (C=O) groups excluding carboxylic acids is 1. The fourth-order valence-electron chi connectivity index (χ4n) is 2.74. The number of methoxy groups -OCH3 is 1. The predicted octanol–water partition coefficient (Wildman–Crippen LogP) is 1.42. The molecular weight excluding hydrogens is 328 g/mol. The van der Waals surface area contributed by atoms with Crippen LogP contribution in [0.15, 0.2) is 24.3 Å². The molecule has 4 atom stereocenters. The zero-order valence-electron chi connectivity index (χ0n) is 14.6. The van der Waals surface area contributed by atoms with Crippen LogP contribution in [-0.2, 0) is 19.0 Å². The molecule has 0 saturated carbocycles. The summed E-state index contributed by atoms with van der Waals surface area (Å²) in [6, 6.07) is 6.97. The van der Waals surface area contributed by atoms with Crippen molar-refractivity contribution in [2.45, 2.75) is 38.3 Å². The van der Waals surface area contributed by atoms with Gasteiger partial charge >= 0.3 is 5.97 Å². The first-order valence-electron chi connectivity index (χ1n) is 8.42. The van der Waals surface area contributed by atoms with E-state index in [9.17, 15) is 15.0 Å². The fourth-order valence-corrected chi connectivity index (χ4v) is 2.74. The SMILES string of the molecule is CCOC(=O)C[C@H]1COC(COC(O)c2cccc(OC)c2)CC1O. The Hall–Kier alpha value is -1.67. The number of carbonyl (C=O) groups is 1. The van der Waals surface area contributed by atoms with Gasteiger partial charge in [0.05, 0.1) is 45.6 Å². The summed E-state index contributed by atoms with van der Waals surface area (Å²) in [7, 11) is 1.55. The van der Waals surface area contributed by atoms with Crippen LogP contribution < -0.4 is 4.74 Å². The van der Waals surface area contributed by atoms with Crippen LogP contribution in [0.2, 0.25) is 0 Å². The van der Waals surface area contributed by atoms with Crippen LogP contribution in [0.25, 0.3) is 0 Å². The van der Waals surface area contributed by atoms with Crippen molar-refractivity contribution >= 4 is 5.97 Å². The number of ether oxygens (including phenoxy) is 4. The lowest BCUT2D eigenvalue weighted by Crippen LogP contribution is -2.40. The maximum absolute atomic E-state index is 11.5. The van der Waals surface area contributed by atoms with Crippen LogP contribution in [-0.4, -0.2) is 55.3 Å². The first-order chi connectivity index (χ1) is 12.0. The van der Waals surface area contributed by atoms with E-state index < -0.39 is 12.4 Å². The second-order valence-electron chi connectivity index (χ2n) is 5.99. The van der Waals surface area contributed by atoms with Crippen LogP contribution in [0.3, 0.4) is 0 Å². The van der Waals surface area contributed by atoms with Gasteiger partial charge < -0.3 is 29.2 Å². The Balaban J connectivity index is 1.78. The third-order valence-corrected chi connectivity index (χ3v) is 4.15. The van der Waals surface area contributed by atoms with Gasteiger partial charge in [-0.25, -0.2) is 0 Å². The highest BCUT2D eigenvalue weighted by atomic mass is 16.6. The van der Waals surface area contributed by atoms with E-state index >= 15 is 0 Å². The Labute approximate surface area is 147 Å². The van der Waals surface area contributed by atoms with Gasteiger partial charge in [-0.05, 0) is 19.1 Å². The topological polar surface area (TPSA) is 94.5 Å². The molecule has 1 aromatic rings. The molecule has 1 saturated heterocycles. The third-order valence-electron chi connectivity index (χ3n) is 4.15. The number of benzene rings is 1. The summed E-state index contributed by atoms with van der Waals surface area (Å²) in [4.78, 5) is 11.5. The van der Waals surface area contributed by atoms with Crippen molar-refractivity contribution < 1.29 is 34.0 Å². The summed E-state index contributed by atoms with van der Waals surface area (Å²) in [6.45, 7) is 2.46. The van der Waals surface area contributed by atoms with Crippen LogP contribution in [0, 0.1) is 5.92 Å². The average molecular weight is 354 g/mol. The molecule has 2 rings (SSSR count). The standard InChI is InChI=1S/C18H26O7/c1-3-23-17(20)8-13-10-24-15(9-16(13)19)11-25-18(21)12-5-4-6-14(7-12)22-2/h4-7,13,15-16,18-19,21H,3,8-11H2,1-2H3/t13-,15?,16?,18?/m0/s1. The van der Waals surface area contributed by atoms with Crippen molar-refractivity contribution in [2.24, 2.45) is 5.92 Å². The lowest BCUT2D eigenvalue weighted by Gasteiger charge is -2.33. The minimum atomic E-state index is -1.10. The van der Waals surface area contributed by atoms with Crippen molar-refractivity contribution in [3.05, 3.63) is 29.8 Å². The van der Waals surface area contributed by atoms with E-state index in [0.29, 0.717) is 24.3 Å². The molecule has 7 heteroatoms. The maximum Gasteiger partial charge on any atom is 0.306 e. The van der Waals surface area contributed by atoms with Crippen LogP contribution in [0.1, 0.15) is 31.6 Å². The van der Waals surface area contributed by atoms with Gasteiger partial charge in [0.1, 0.15) is 5.75 Å². The molecule has 0 amide bonds. The summed E-state index contributed by atoms with van der Waals surface area (Å²) in [5, 5.41) is 20.3. The molecule has 0 aromatic heterocycles. The van der Waals surface area contributed by atoms with Crippen molar-refractivity contribution in [3.63, 3.8) is 0 Å². The Morgan fingerprint density at radius 1 is 1.44 bits per heavy atom. The highest BCUT2D eigenvalue weighted by molar-refractivity contribution is 5.69. The van der Waals surface area contributed by atoms with E-state index in [1.54, 1.807) is 38.3 Å². The lowest BCUT2D eigenvalue weighted by molar-refractivity contribution is -0.167. The number of hydrogen-bond donors (Lipinski definition) is 2. The molecule has 140 valence electrons. The Morgan fingerprint density at radius 2 is 2.24 bits per heavy atom. The number of aliphatic hydroxyl groups excluding tert-OH is 2. The monoisotopic (exact) mass is 354 g/mol. The largest absolute Gasteiger partial charge is 0.497 e. The third kappa shape index (κ3) is 5.97. The van der Waals surface area contributed by atoms with Crippen molar-refractivity contribution in [2.75, 3.05) is 26.9 Å². The molecule has 1 fully saturated rings. The Kier molecular flexibility index (Phi) is 7.64. The molecule has 2 N–H and O–H groups in total. The molecule has 1 aliphatic heterocycles. The highest BCUT2D eigenvalue weighted by Gasteiger charge is 2.32. The molecule has 0 radical (unpaired) electrons. The van der Waals surface area contributed by atoms with Crippen molar-refractivity contribution in [1.29, 1.82) is 0 Å². The second-order valence-corrected chi connectivity index (χ2v) is 5.99. The Morgan fingerprint density at radius 3 is 2.92 bits per heavy atom. The van der Waals surface area contributed by atoms with Gasteiger partial charge in [0, 0.05) is 17.9 Å². The minimum absolute atomic E-state index is 0.134. The molecule has 0 aliphatic carbocycles. The first-order valence-corrected chi connectivity index (χ1v) is 8.42. The van der Waals surface area contributed by atoms with E-state index in [4.69, 9.17) is 18.9 Å². The normalized spacial score (nSPS) is 24.6. The van der Waals surface area contributed by atoms with Crippen molar-refractivity contribution in [3.8, 4) is 5.75 Å². The first kappa shape index (κ1) is 19.7. The van der Waals surface area contributed by atoms with E-state index in [1.165, 1.54) is 0 Å². The van der Waals surface area contributed by atoms with Crippen molar-refractivity contribution in [1.82, 2.24) is 0 Å². The van der Waals surface area contributed by atoms with Gasteiger partial charge in [-0.15, -0.1) is 0 Å². The number of hydrogen-bond acceptors (Lipinski definition) is 7. The molecule has 1 aromatic carbocycles. The molecular formula is C18H26O7. The smallest absolute Gasteiger partial charge is 0.306 e. The summed E-state index contributed by atoms with van der Waals surface area (Å²) in [5.41, 5.74) is 0.580. The van der Waals surface area contributed by atoms with Gasteiger partial charge in [-0.2, -0.15) is 0 Å². The summed E-state index contributed by atoms with van der Waals surface area (Å²) >= 11 is 0. The maximum atomic E-state index is 11.5. The van der Waals surface area contributed by atoms with E-state index in [2.05, 4.69) is 0 Å². The number of esters is 1. The zero-order valence-corrected chi connectivity index (χ0v) is 14.6. The molecule has 1 heterocycles. The van der Waals surface area contributed by atoms with E-state index in [-0.39, 0.29) is 37.6 Å². The van der Waals surface area contributed by atoms with Gasteiger partial charge in [0.15, 0.2) is 6.29 Å². The van der Waals surface area contributed by atoms with Crippen LogP contribution in [0.5, 0.6) is 5.75 Å². The van der Waals surface area contributed by atoms with E-state index in [0.717, 1.165) is 0 Å². The zero-order chi connectivity index (χ0) is 18.2. The quantitative estimate of drug-likeness (QED) is 0.538. The highest BCUT2D eigenvalue weighted by Crippen LogP contribution is 2.25. The molecule has 7 nitrogen and oxygen atoms in total. The summed E-state index contributed by atoms with van der Waals surface area (Å²) in [6.07, 6.45) is -1.63. The fraction of sp³-hybridized carbons (Fsp3) is 0.611. The number of aliphatic hydroxyl groups is 2. The van der Waals surface area contributed by atoms with Gasteiger partial charge in [-0.3, -0.25) is 4.79 Å². The van der Waals surface area contributed by atoms with Gasteiger partial charge in [-0.1, -0.05) is 12.1 Å². The average Bonchev–Trinajstić information content (AvgIpc) is 2.62. The molecule has 3 unspecified atom stereocenters. The summed E-state index contributed by atoms with van der Waals surface area (Å²) in [5.74, 6) is 0.0169. The van der Waals surface area contributed by atoms with Gasteiger partial charge in [0.2, 0.25) is 0 Å². The lowest BCUT2D eigenvalue weighted by atomic mass is 9.92. The van der Waals surface area contributed by atoms with Gasteiger partial charge in [0.25, 0.3) is 0 Å².